The van der Waals surface area contributed by atoms with Crippen molar-refractivity contribution in [2.75, 3.05) is 6.61 Å². The van der Waals surface area contributed by atoms with Crippen molar-refractivity contribution in [1.82, 2.24) is 9.55 Å². The molecule has 1 atom stereocenters. The van der Waals surface area contributed by atoms with Crippen LogP contribution in [0, 0.1) is 11.3 Å². The predicted molar refractivity (Wildman–Crippen MR) is 46.3 cm³/mol. The minimum absolute atomic E-state index is 0.109. The molecule has 0 spiro atoms. The first kappa shape index (κ1) is 11.0. The van der Waals surface area contributed by atoms with E-state index in [1.807, 2.05) is 0 Å². The third-order valence-electron chi connectivity index (χ3n) is 2.41. The average molecular weight is 231 g/mol. The number of hydrogen-bond acceptors (Lipinski definition) is 3. The van der Waals surface area contributed by atoms with Crippen molar-refractivity contribution in [2.24, 2.45) is 0 Å². The van der Waals surface area contributed by atoms with E-state index in [4.69, 9.17) is 10.00 Å². The Kier molecular flexibility index (Phi) is 2.59. The van der Waals surface area contributed by atoms with Gasteiger partial charge in [-0.1, -0.05) is 0 Å². The molecule has 1 aliphatic rings. The van der Waals surface area contributed by atoms with Crippen LogP contribution in [0.15, 0.2) is 6.33 Å². The Morgan fingerprint density at radius 3 is 2.75 bits per heavy atom. The first-order valence-corrected chi connectivity index (χ1v) is 4.66. The van der Waals surface area contributed by atoms with Gasteiger partial charge >= 0.3 is 6.18 Å². The lowest BCUT2D eigenvalue weighted by molar-refractivity contribution is -0.141. The highest BCUT2D eigenvalue weighted by Crippen LogP contribution is 2.30. The standard InChI is InChI=1S/C9H8F3N3O/c10-9(11,12)8-7(3-13)15(5-14-8)4-6-1-2-16-6/h5-6H,1-2,4H2. The summed E-state index contributed by atoms with van der Waals surface area (Å²) >= 11 is 0. The van der Waals surface area contributed by atoms with Crippen LogP contribution in [-0.2, 0) is 17.5 Å². The average Bonchev–Trinajstić information content (AvgIpc) is 2.53. The van der Waals surface area contributed by atoms with Crippen molar-refractivity contribution in [3.8, 4) is 6.07 Å². The molecule has 1 aromatic rings. The summed E-state index contributed by atoms with van der Waals surface area (Å²) in [4.78, 5) is 3.23. The third-order valence-corrected chi connectivity index (χ3v) is 2.41. The number of aromatic nitrogens is 2. The lowest BCUT2D eigenvalue weighted by Gasteiger charge is -2.26. The van der Waals surface area contributed by atoms with Gasteiger partial charge in [0.2, 0.25) is 0 Å². The maximum absolute atomic E-state index is 12.4. The van der Waals surface area contributed by atoms with Crippen LogP contribution in [0.1, 0.15) is 17.8 Å². The number of nitriles is 1. The Balaban J connectivity index is 2.26. The van der Waals surface area contributed by atoms with Gasteiger partial charge in [-0.05, 0) is 6.42 Å². The number of ether oxygens (including phenoxy) is 1. The van der Waals surface area contributed by atoms with Gasteiger partial charge < -0.3 is 9.30 Å². The normalized spacial score (nSPS) is 20.2. The third kappa shape index (κ3) is 1.88. The molecule has 0 bridgehead atoms. The van der Waals surface area contributed by atoms with Gasteiger partial charge in [0.1, 0.15) is 6.07 Å². The molecule has 0 aliphatic carbocycles. The van der Waals surface area contributed by atoms with Crippen LogP contribution < -0.4 is 0 Å². The molecule has 0 saturated carbocycles. The van der Waals surface area contributed by atoms with E-state index in [1.165, 1.54) is 10.6 Å². The van der Waals surface area contributed by atoms with Crippen LogP contribution in [0.3, 0.4) is 0 Å². The molecule has 0 radical (unpaired) electrons. The zero-order valence-corrected chi connectivity index (χ0v) is 8.16. The maximum atomic E-state index is 12.4. The highest BCUT2D eigenvalue weighted by atomic mass is 19.4. The molecule has 2 rings (SSSR count). The molecule has 16 heavy (non-hydrogen) atoms. The summed E-state index contributed by atoms with van der Waals surface area (Å²) in [5.74, 6) is 0. The monoisotopic (exact) mass is 231 g/mol. The number of halogens is 3. The van der Waals surface area contributed by atoms with E-state index in [0.29, 0.717) is 6.61 Å². The second-order valence-electron chi connectivity index (χ2n) is 3.49. The molecule has 1 aliphatic heterocycles. The topological polar surface area (TPSA) is 50.8 Å². The van der Waals surface area contributed by atoms with Crippen molar-refractivity contribution in [3.63, 3.8) is 0 Å². The molecular formula is C9H8F3N3O. The van der Waals surface area contributed by atoms with Crippen LogP contribution in [0.2, 0.25) is 0 Å². The van der Waals surface area contributed by atoms with Crippen molar-refractivity contribution < 1.29 is 17.9 Å². The van der Waals surface area contributed by atoms with Crippen molar-refractivity contribution >= 4 is 0 Å². The quantitative estimate of drug-likeness (QED) is 0.776. The van der Waals surface area contributed by atoms with Gasteiger partial charge in [-0.3, -0.25) is 0 Å². The molecule has 1 aromatic heterocycles. The summed E-state index contributed by atoms with van der Waals surface area (Å²) in [6.07, 6.45) is -2.87. The molecule has 7 heteroatoms. The van der Waals surface area contributed by atoms with Crippen LogP contribution >= 0.6 is 0 Å². The largest absolute Gasteiger partial charge is 0.436 e. The number of alkyl halides is 3. The summed E-state index contributed by atoms with van der Waals surface area (Å²) in [5, 5.41) is 8.70. The summed E-state index contributed by atoms with van der Waals surface area (Å²) < 4.78 is 43.5. The molecule has 0 N–H and O–H groups in total. The molecule has 1 saturated heterocycles. The van der Waals surface area contributed by atoms with Crippen LogP contribution in [0.25, 0.3) is 0 Å². The highest BCUT2D eigenvalue weighted by molar-refractivity contribution is 5.29. The van der Waals surface area contributed by atoms with Crippen LogP contribution in [0.4, 0.5) is 13.2 Å². The first-order chi connectivity index (χ1) is 7.52. The second kappa shape index (κ2) is 3.79. The lowest BCUT2D eigenvalue weighted by atomic mass is 10.2. The summed E-state index contributed by atoms with van der Waals surface area (Å²) in [5.41, 5.74) is -1.59. The van der Waals surface area contributed by atoms with Crippen LogP contribution in [-0.4, -0.2) is 22.3 Å². The van der Waals surface area contributed by atoms with E-state index in [0.717, 1.165) is 12.7 Å². The minimum atomic E-state index is -4.59. The Morgan fingerprint density at radius 2 is 2.31 bits per heavy atom. The summed E-state index contributed by atoms with van der Waals surface area (Å²) in [7, 11) is 0. The molecule has 2 heterocycles. The molecular weight excluding hydrogens is 223 g/mol. The van der Waals surface area contributed by atoms with Crippen molar-refractivity contribution in [3.05, 3.63) is 17.7 Å². The Hall–Kier alpha value is -1.55. The van der Waals surface area contributed by atoms with E-state index in [9.17, 15) is 13.2 Å². The Morgan fingerprint density at radius 1 is 1.62 bits per heavy atom. The Labute approximate surface area is 89.3 Å². The van der Waals surface area contributed by atoms with Gasteiger partial charge in [0.15, 0.2) is 11.4 Å². The lowest BCUT2D eigenvalue weighted by Crippen LogP contribution is -2.31. The summed E-state index contributed by atoms with van der Waals surface area (Å²) in [6, 6.07) is 1.53. The Bertz CT molecular complexity index is 428. The van der Waals surface area contributed by atoms with E-state index in [1.54, 1.807) is 0 Å². The molecule has 4 nitrogen and oxygen atoms in total. The predicted octanol–water partition coefficient (Wildman–Crippen LogP) is 1.56. The molecule has 0 aromatic carbocycles. The minimum Gasteiger partial charge on any atom is -0.376 e. The summed E-state index contributed by atoms with van der Waals surface area (Å²) in [6.45, 7) is 0.860. The van der Waals surface area contributed by atoms with Gasteiger partial charge in [0, 0.05) is 6.61 Å². The fraction of sp³-hybridized carbons (Fsp3) is 0.556. The highest BCUT2D eigenvalue weighted by Gasteiger charge is 2.38. The molecule has 86 valence electrons. The zero-order valence-electron chi connectivity index (χ0n) is 8.16. The number of imidazole rings is 1. The molecule has 0 amide bonds. The number of nitrogens with zero attached hydrogens (tertiary/aromatic N) is 3. The van der Waals surface area contributed by atoms with E-state index >= 15 is 0 Å². The van der Waals surface area contributed by atoms with Crippen molar-refractivity contribution in [2.45, 2.75) is 25.2 Å². The maximum Gasteiger partial charge on any atom is 0.436 e. The molecule has 1 unspecified atom stereocenters. The van der Waals surface area contributed by atoms with Gasteiger partial charge in [-0.25, -0.2) is 4.98 Å². The van der Waals surface area contributed by atoms with Crippen molar-refractivity contribution in [1.29, 1.82) is 5.26 Å². The van der Waals surface area contributed by atoms with Gasteiger partial charge in [0.05, 0.1) is 19.0 Å². The number of rotatable bonds is 2. The number of hydrogen-bond donors (Lipinski definition) is 0. The zero-order chi connectivity index (χ0) is 11.8. The fourth-order valence-corrected chi connectivity index (χ4v) is 1.49. The fourth-order valence-electron chi connectivity index (χ4n) is 1.49. The van der Waals surface area contributed by atoms with E-state index in [-0.39, 0.29) is 12.6 Å². The first-order valence-electron chi connectivity index (χ1n) is 4.66. The second-order valence-corrected chi connectivity index (χ2v) is 3.49. The van der Waals surface area contributed by atoms with Gasteiger partial charge in [0.25, 0.3) is 0 Å². The smallest absolute Gasteiger partial charge is 0.376 e. The van der Waals surface area contributed by atoms with Crippen LogP contribution in [0.5, 0.6) is 0 Å². The SMILES string of the molecule is N#Cc1c(C(F)(F)F)ncn1CC1CCO1. The van der Waals surface area contributed by atoms with E-state index in [2.05, 4.69) is 4.98 Å². The molecule has 1 fully saturated rings. The van der Waals surface area contributed by atoms with Gasteiger partial charge in [-0.2, -0.15) is 18.4 Å². The van der Waals surface area contributed by atoms with E-state index < -0.39 is 17.6 Å². The van der Waals surface area contributed by atoms with Gasteiger partial charge in [-0.15, -0.1) is 0 Å².